The molecule has 0 amide bonds. The molecule has 29 heavy (non-hydrogen) atoms. The third kappa shape index (κ3) is 3.61. The predicted molar refractivity (Wildman–Crippen MR) is 113 cm³/mol. The molecule has 2 N–H and O–H groups in total. The van der Waals surface area contributed by atoms with Gasteiger partial charge in [0.1, 0.15) is 5.82 Å². The molecule has 4 heterocycles. The Labute approximate surface area is 169 Å². The van der Waals surface area contributed by atoms with Gasteiger partial charge in [-0.15, -0.1) is 0 Å². The van der Waals surface area contributed by atoms with Gasteiger partial charge >= 0.3 is 0 Å². The monoisotopic (exact) mass is 387 g/mol. The van der Waals surface area contributed by atoms with Gasteiger partial charge in [-0.2, -0.15) is 10.2 Å². The molecule has 0 aliphatic carbocycles. The van der Waals surface area contributed by atoms with Gasteiger partial charge in [0.15, 0.2) is 5.65 Å². The van der Waals surface area contributed by atoms with Crippen LogP contribution in [0.4, 0.5) is 5.82 Å². The number of nitrogens with one attached hydrogen (secondary N) is 2. The van der Waals surface area contributed by atoms with Gasteiger partial charge in [0.05, 0.1) is 17.6 Å². The van der Waals surface area contributed by atoms with Gasteiger partial charge in [-0.1, -0.05) is 17.7 Å². The highest BCUT2D eigenvalue weighted by Crippen LogP contribution is 2.28. The van der Waals surface area contributed by atoms with Crippen LogP contribution in [0.2, 0.25) is 0 Å². The Bertz CT molecular complexity index is 1100. The van der Waals surface area contributed by atoms with E-state index in [1.807, 2.05) is 23.1 Å². The lowest BCUT2D eigenvalue weighted by molar-refractivity contribution is 0.451. The number of hydrogen-bond acceptors (Lipinski definition) is 5. The first kappa shape index (κ1) is 17.9. The summed E-state index contributed by atoms with van der Waals surface area (Å²) in [6, 6.07) is 12.6. The summed E-state index contributed by atoms with van der Waals surface area (Å²) < 4.78 is 3.82. The van der Waals surface area contributed by atoms with Crippen molar-refractivity contribution in [3.8, 4) is 5.69 Å². The van der Waals surface area contributed by atoms with E-state index >= 15 is 0 Å². The van der Waals surface area contributed by atoms with Gasteiger partial charge in [-0.3, -0.25) is 0 Å². The Balaban J connectivity index is 1.46. The summed E-state index contributed by atoms with van der Waals surface area (Å²) in [5.74, 6) is 1.50. The molecule has 0 radical (unpaired) electrons. The van der Waals surface area contributed by atoms with Gasteiger partial charge in [0, 0.05) is 36.5 Å². The van der Waals surface area contributed by atoms with Gasteiger partial charge < -0.3 is 10.6 Å². The standard InChI is InChI=1S/C22H25N7/c1-16-3-5-19(6-4-16)29-21(13-20(27-29)17-7-10-23-11-8-17)25-14-18-15-26-28-12-2-9-24-22(18)28/h2-6,9,12-13,15,17,23,25H,7-8,10-11,14H2,1H3. The first-order chi connectivity index (χ1) is 14.3. The number of rotatable bonds is 5. The fourth-order valence-electron chi connectivity index (χ4n) is 3.91. The lowest BCUT2D eigenvalue weighted by Gasteiger charge is -2.20. The zero-order chi connectivity index (χ0) is 19.6. The van der Waals surface area contributed by atoms with Crippen molar-refractivity contribution in [3.05, 3.63) is 71.8 Å². The molecule has 0 unspecified atom stereocenters. The van der Waals surface area contributed by atoms with E-state index in [9.17, 15) is 0 Å². The maximum Gasteiger partial charge on any atom is 0.159 e. The van der Waals surface area contributed by atoms with Crippen molar-refractivity contribution in [2.45, 2.75) is 32.2 Å². The zero-order valence-corrected chi connectivity index (χ0v) is 16.5. The van der Waals surface area contributed by atoms with E-state index in [-0.39, 0.29) is 0 Å². The van der Waals surface area contributed by atoms with Gasteiger partial charge in [-0.25, -0.2) is 14.2 Å². The molecule has 7 heteroatoms. The average molecular weight is 387 g/mol. The topological polar surface area (TPSA) is 72.1 Å². The van der Waals surface area contributed by atoms with Crippen molar-refractivity contribution in [1.82, 2.24) is 29.7 Å². The van der Waals surface area contributed by atoms with Crippen LogP contribution in [0.5, 0.6) is 0 Å². The minimum Gasteiger partial charge on any atom is -0.366 e. The van der Waals surface area contributed by atoms with Gasteiger partial charge in [0.25, 0.3) is 0 Å². The number of benzene rings is 1. The van der Waals surface area contributed by atoms with E-state index in [4.69, 9.17) is 5.10 Å². The fraction of sp³-hybridized carbons (Fsp3) is 0.318. The summed E-state index contributed by atoms with van der Waals surface area (Å²) in [5.41, 5.74) is 5.40. The normalized spacial score (nSPS) is 15.1. The van der Waals surface area contributed by atoms with Crippen molar-refractivity contribution in [2.24, 2.45) is 0 Å². The van der Waals surface area contributed by atoms with Crippen LogP contribution in [0.15, 0.2) is 55.0 Å². The maximum atomic E-state index is 4.99. The van der Waals surface area contributed by atoms with Crippen molar-refractivity contribution in [2.75, 3.05) is 18.4 Å². The highest BCUT2D eigenvalue weighted by Gasteiger charge is 2.20. The zero-order valence-electron chi connectivity index (χ0n) is 16.5. The number of hydrogen-bond donors (Lipinski definition) is 2. The molecule has 148 valence electrons. The molecule has 0 bridgehead atoms. The third-order valence-electron chi connectivity index (χ3n) is 5.58. The van der Waals surface area contributed by atoms with Crippen LogP contribution in [0, 0.1) is 6.92 Å². The number of aromatic nitrogens is 5. The van der Waals surface area contributed by atoms with E-state index in [0.717, 1.165) is 54.3 Å². The first-order valence-electron chi connectivity index (χ1n) is 10.2. The molecular formula is C22H25N7. The Morgan fingerprint density at radius 3 is 2.83 bits per heavy atom. The number of fused-ring (bicyclic) bond motifs is 1. The molecule has 0 atom stereocenters. The molecule has 1 aromatic carbocycles. The number of nitrogens with zero attached hydrogens (tertiary/aromatic N) is 5. The summed E-state index contributed by atoms with van der Waals surface area (Å²) in [5, 5.41) is 16.4. The predicted octanol–water partition coefficient (Wildman–Crippen LogP) is 3.30. The summed E-state index contributed by atoms with van der Waals surface area (Å²) in [6.07, 6.45) is 7.84. The number of anilines is 1. The second-order valence-corrected chi connectivity index (χ2v) is 7.64. The second kappa shape index (κ2) is 7.67. The molecule has 0 spiro atoms. The molecule has 1 saturated heterocycles. The Kier molecular flexibility index (Phi) is 4.73. The quantitative estimate of drug-likeness (QED) is 0.550. The molecule has 3 aromatic heterocycles. The summed E-state index contributed by atoms with van der Waals surface area (Å²) >= 11 is 0. The molecule has 1 aliphatic heterocycles. The molecular weight excluding hydrogens is 362 g/mol. The smallest absolute Gasteiger partial charge is 0.159 e. The van der Waals surface area contributed by atoms with E-state index in [1.165, 1.54) is 5.56 Å². The van der Waals surface area contributed by atoms with Crippen LogP contribution in [0.25, 0.3) is 11.3 Å². The summed E-state index contributed by atoms with van der Waals surface area (Å²) in [6.45, 7) is 4.85. The van der Waals surface area contributed by atoms with Crippen LogP contribution in [-0.2, 0) is 6.54 Å². The minimum absolute atomic E-state index is 0.502. The van der Waals surface area contributed by atoms with Crippen molar-refractivity contribution < 1.29 is 0 Å². The maximum absolute atomic E-state index is 4.99. The number of aryl methyl sites for hydroxylation is 1. The van der Waals surface area contributed by atoms with Crippen LogP contribution in [-0.4, -0.2) is 37.5 Å². The Morgan fingerprint density at radius 1 is 1.17 bits per heavy atom. The highest BCUT2D eigenvalue weighted by atomic mass is 15.3. The van der Waals surface area contributed by atoms with Gasteiger partial charge in [-0.05, 0) is 51.1 Å². The largest absolute Gasteiger partial charge is 0.366 e. The molecule has 4 aromatic rings. The Morgan fingerprint density at radius 2 is 2.00 bits per heavy atom. The van der Waals surface area contributed by atoms with Crippen LogP contribution >= 0.6 is 0 Å². The molecule has 5 rings (SSSR count). The second-order valence-electron chi connectivity index (χ2n) is 7.64. The SMILES string of the molecule is Cc1ccc(-n2nc(C3CCNCC3)cc2NCc2cnn3cccnc23)cc1. The summed E-state index contributed by atoms with van der Waals surface area (Å²) in [4.78, 5) is 4.45. The Hall–Kier alpha value is -3.19. The van der Waals surface area contributed by atoms with Crippen molar-refractivity contribution in [3.63, 3.8) is 0 Å². The van der Waals surface area contributed by atoms with Gasteiger partial charge in [0.2, 0.25) is 0 Å². The fourth-order valence-corrected chi connectivity index (χ4v) is 3.91. The first-order valence-corrected chi connectivity index (χ1v) is 10.2. The average Bonchev–Trinajstić information content (AvgIpc) is 3.38. The van der Waals surface area contributed by atoms with Crippen LogP contribution in [0.3, 0.4) is 0 Å². The lowest BCUT2D eigenvalue weighted by atomic mass is 9.95. The van der Waals surface area contributed by atoms with Crippen LogP contribution in [0.1, 0.15) is 35.6 Å². The van der Waals surface area contributed by atoms with E-state index < -0.39 is 0 Å². The highest BCUT2D eigenvalue weighted by molar-refractivity contribution is 5.51. The van der Waals surface area contributed by atoms with E-state index in [0.29, 0.717) is 12.5 Å². The van der Waals surface area contributed by atoms with Crippen molar-refractivity contribution >= 4 is 11.5 Å². The van der Waals surface area contributed by atoms with Crippen LogP contribution < -0.4 is 10.6 Å². The molecule has 7 nitrogen and oxygen atoms in total. The van der Waals surface area contributed by atoms with Crippen molar-refractivity contribution in [1.29, 1.82) is 0 Å². The molecule has 0 saturated carbocycles. The third-order valence-corrected chi connectivity index (χ3v) is 5.58. The minimum atomic E-state index is 0.502. The number of piperidine rings is 1. The van der Waals surface area contributed by atoms with E-state index in [1.54, 1.807) is 10.7 Å². The van der Waals surface area contributed by atoms with E-state index in [2.05, 4.69) is 58.0 Å². The molecule has 1 aliphatic rings. The summed E-state index contributed by atoms with van der Waals surface area (Å²) in [7, 11) is 0. The lowest BCUT2D eigenvalue weighted by Crippen LogP contribution is -2.26. The molecule has 1 fully saturated rings.